The quantitative estimate of drug-likeness (QED) is 0.566. The van der Waals surface area contributed by atoms with Crippen molar-refractivity contribution in [2.75, 3.05) is 26.9 Å². The van der Waals surface area contributed by atoms with Crippen molar-refractivity contribution in [3.05, 3.63) is 30.3 Å². The maximum absolute atomic E-state index is 12.0. The minimum Gasteiger partial charge on any atom is -0.484 e. The molecule has 0 aliphatic carbocycles. The van der Waals surface area contributed by atoms with Crippen molar-refractivity contribution >= 4 is 11.8 Å². The van der Waals surface area contributed by atoms with E-state index in [1.54, 1.807) is 38.3 Å². The smallest absolute Gasteiger partial charge is 0.258 e. The average Bonchev–Trinajstić information content (AvgIpc) is 2.57. The first-order chi connectivity index (χ1) is 11.1. The Balaban J connectivity index is 2.34. The lowest BCUT2D eigenvalue weighted by molar-refractivity contribution is -0.130. The fourth-order valence-electron chi connectivity index (χ4n) is 1.81. The highest BCUT2D eigenvalue weighted by Crippen LogP contribution is 2.07. The van der Waals surface area contributed by atoms with Gasteiger partial charge < -0.3 is 25.2 Å². The van der Waals surface area contributed by atoms with Crippen molar-refractivity contribution in [2.45, 2.75) is 25.4 Å². The molecule has 7 nitrogen and oxygen atoms in total. The predicted molar refractivity (Wildman–Crippen MR) is 85.1 cm³/mol. The van der Waals surface area contributed by atoms with Gasteiger partial charge in [-0.2, -0.15) is 0 Å². The third kappa shape index (κ3) is 7.62. The van der Waals surface area contributed by atoms with E-state index in [1.807, 2.05) is 6.07 Å². The number of para-hydroxylation sites is 1. The summed E-state index contributed by atoms with van der Waals surface area (Å²) in [5, 5.41) is 14.4. The molecular formula is C16H24N2O5. The zero-order valence-electron chi connectivity index (χ0n) is 13.5. The van der Waals surface area contributed by atoms with Crippen LogP contribution in [0.25, 0.3) is 0 Å². The Bertz CT molecular complexity index is 481. The van der Waals surface area contributed by atoms with Crippen LogP contribution in [0.15, 0.2) is 30.3 Å². The Morgan fingerprint density at radius 2 is 1.91 bits per heavy atom. The zero-order chi connectivity index (χ0) is 17.1. The predicted octanol–water partition coefficient (Wildman–Crippen LogP) is 0.0837. The molecule has 3 N–H and O–H groups in total. The zero-order valence-corrected chi connectivity index (χ0v) is 13.5. The molecule has 1 rings (SSSR count). The number of rotatable bonds is 10. The summed E-state index contributed by atoms with van der Waals surface area (Å²) in [6, 6.07) is 7.81. The van der Waals surface area contributed by atoms with Crippen LogP contribution in [-0.4, -0.2) is 55.9 Å². The van der Waals surface area contributed by atoms with E-state index in [0.717, 1.165) is 0 Å². The highest BCUT2D eigenvalue weighted by atomic mass is 16.5. The molecule has 23 heavy (non-hydrogen) atoms. The van der Waals surface area contributed by atoms with Crippen molar-refractivity contribution in [3.63, 3.8) is 0 Å². The molecule has 0 saturated heterocycles. The second-order valence-corrected chi connectivity index (χ2v) is 5.06. The monoisotopic (exact) mass is 324 g/mol. The topological polar surface area (TPSA) is 96.9 Å². The summed E-state index contributed by atoms with van der Waals surface area (Å²) < 4.78 is 10.2. The van der Waals surface area contributed by atoms with Crippen molar-refractivity contribution in [1.82, 2.24) is 10.6 Å². The number of hydrogen-bond acceptors (Lipinski definition) is 5. The number of carbonyl (C=O) groups excluding carboxylic acids is 2. The molecular weight excluding hydrogens is 300 g/mol. The van der Waals surface area contributed by atoms with Crippen LogP contribution < -0.4 is 15.4 Å². The van der Waals surface area contributed by atoms with E-state index in [9.17, 15) is 14.7 Å². The van der Waals surface area contributed by atoms with Crippen LogP contribution in [0.5, 0.6) is 5.75 Å². The fraction of sp³-hybridized carbons (Fsp3) is 0.500. The van der Waals surface area contributed by atoms with E-state index in [2.05, 4.69) is 10.6 Å². The Kier molecular flexibility index (Phi) is 8.71. The van der Waals surface area contributed by atoms with Gasteiger partial charge in [0.1, 0.15) is 11.8 Å². The largest absolute Gasteiger partial charge is 0.484 e. The molecule has 0 aromatic heterocycles. The molecule has 1 aromatic rings. The minimum atomic E-state index is -0.724. The van der Waals surface area contributed by atoms with Gasteiger partial charge in [-0.3, -0.25) is 9.59 Å². The third-order valence-corrected chi connectivity index (χ3v) is 3.12. The lowest BCUT2D eigenvalue weighted by Gasteiger charge is -2.19. The van der Waals surface area contributed by atoms with Crippen molar-refractivity contribution < 1.29 is 24.2 Å². The first-order valence-corrected chi connectivity index (χ1v) is 7.44. The minimum absolute atomic E-state index is 0.172. The molecule has 2 unspecified atom stereocenters. The highest BCUT2D eigenvalue weighted by Gasteiger charge is 2.19. The SMILES string of the molecule is COCCC(CO)NC(=O)C(C)NC(=O)COc1ccccc1. The molecule has 0 heterocycles. The number of amides is 2. The first-order valence-electron chi connectivity index (χ1n) is 7.44. The van der Waals surface area contributed by atoms with Gasteiger partial charge in [0.15, 0.2) is 6.61 Å². The average molecular weight is 324 g/mol. The van der Waals surface area contributed by atoms with Crippen molar-refractivity contribution in [1.29, 1.82) is 0 Å². The molecule has 0 aliphatic heterocycles. The van der Waals surface area contributed by atoms with E-state index in [1.165, 1.54) is 0 Å². The number of ether oxygens (including phenoxy) is 2. The molecule has 0 fully saturated rings. The van der Waals surface area contributed by atoms with Gasteiger partial charge in [-0.05, 0) is 25.5 Å². The van der Waals surface area contributed by atoms with Gasteiger partial charge in [0, 0.05) is 13.7 Å². The van der Waals surface area contributed by atoms with Gasteiger partial charge in [0.25, 0.3) is 5.91 Å². The van der Waals surface area contributed by atoms with Crippen LogP contribution in [0.3, 0.4) is 0 Å². The Morgan fingerprint density at radius 1 is 1.22 bits per heavy atom. The van der Waals surface area contributed by atoms with E-state index >= 15 is 0 Å². The second-order valence-electron chi connectivity index (χ2n) is 5.06. The van der Waals surface area contributed by atoms with Gasteiger partial charge >= 0.3 is 0 Å². The molecule has 2 amide bonds. The Morgan fingerprint density at radius 3 is 2.52 bits per heavy atom. The number of hydrogen-bond donors (Lipinski definition) is 3. The maximum atomic E-state index is 12.0. The molecule has 1 aromatic carbocycles. The van der Waals surface area contributed by atoms with Crippen LogP contribution in [0.4, 0.5) is 0 Å². The van der Waals surface area contributed by atoms with Gasteiger partial charge in [-0.1, -0.05) is 18.2 Å². The molecule has 0 aliphatic rings. The standard InChI is InChI=1S/C16H24N2O5/c1-12(16(21)18-13(10-19)8-9-22-2)17-15(20)11-23-14-6-4-3-5-7-14/h3-7,12-13,19H,8-11H2,1-2H3,(H,17,20)(H,18,21). The number of benzene rings is 1. The van der Waals surface area contributed by atoms with Crippen LogP contribution in [0.1, 0.15) is 13.3 Å². The maximum Gasteiger partial charge on any atom is 0.258 e. The normalized spacial score (nSPS) is 13.0. The van der Waals surface area contributed by atoms with Crippen LogP contribution in [0.2, 0.25) is 0 Å². The molecule has 0 radical (unpaired) electrons. The Labute approximate surface area is 136 Å². The summed E-state index contributed by atoms with van der Waals surface area (Å²) in [4.78, 5) is 23.7. The fourth-order valence-corrected chi connectivity index (χ4v) is 1.81. The molecule has 7 heteroatoms. The molecule has 2 atom stereocenters. The summed E-state index contributed by atoms with van der Waals surface area (Å²) in [5.74, 6) is -0.179. The number of aliphatic hydroxyl groups is 1. The van der Waals surface area contributed by atoms with Crippen molar-refractivity contribution in [3.8, 4) is 5.75 Å². The van der Waals surface area contributed by atoms with Crippen LogP contribution in [-0.2, 0) is 14.3 Å². The molecule has 0 saturated carbocycles. The van der Waals surface area contributed by atoms with Crippen LogP contribution in [0, 0.1) is 0 Å². The van der Waals surface area contributed by atoms with E-state index in [-0.39, 0.29) is 19.1 Å². The summed E-state index contributed by atoms with van der Waals surface area (Å²) in [5.41, 5.74) is 0. The second kappa shape index (κ2) is 10.6. The van der Waals surface area contributed by atoms with E-state index in [0.29, 0.717) is 18.8 Å². The van der Waals surface area contributed by atoms with E-state index < -0.39 is 18.0 Å². The van der Waals surface area contributed by atoms with Gasteiger partial charge in [-0.15, -0.1) is 0 Å². The van der Waals surface area contributed by atoms with Gasteiger partial charge in [-0.25, -0.2) is 0 Å². The van der Waals surface area contributed by atoms with E-state index in [4.69, 9.17) is 9.47 Å². The summed E-state index contributed by atoms with van der Waals surface area (Å²) >= 11 is 0. The van der Waals surface area contributed by atoms with Crippen molar-refractivity contribution in [2.24, 2.45) is 0 Å². The van der Waals surface area contributed by atoms with Gasteiger partial charge in [0.2, 0.25) is 5.91 Å². The highest BCUT2D eigenvalue weighted by molar-refractivity contribution is 5.87. The molecule has 128 valence electrons. The van der Waals surface area contributed by atoms with Gasteiger partial charge in [0.05, 0.1) is 12.6 Å². The number of carbonyl (C=O) groups is 2. The molecule has 0 bridgehead atoms. The third-order valence-electron chi connectivity index (χ3n) is 3.12. The first kappa shape index (κ1) is 18.9. The summed E-state index contributed by atoms with van der Waals surface area (Å²) in [7, 11) is 1.55. The lowest BCUT2D eigenvalue weighted by atomic mass is 10.2. The lowest BCUT2D eigenvalue weighted by Crippen LogP contribution is -2.50. The Hall–Kier alpha value is -2.12. The number of nitrogens with one attached hydrogen (secondary N) is 2. The summed E-state index contributed by atoms with van der Waals surface area (Å²) in [6.45, 7) is 1.64. The number of aliphatic hydroxyl groups excluding tert-OH is 1. The molecule has 0 spiro atoms. The summed E-state index contributed by atoms with van der Waals surface area (Å²) in [6.07, 6.45) is 0.497. The van der Waals surface area contributed by atoms with Crippen LogP contribution >= 0.6 is 0 Å². The number of methoxy groups -OCH3 is 1.